The molecule has 1 nitrogen and oxygen atoms in total. The van der Waals surface area contributed by atoms with Crippen LogP contribution in [0.25, 0.3) is 0 Å². The normalized spacial score (nSPS) is 16.9. The van der Waals surface area contributed by atoms with Gasteiger partial charge in [-0.05, 0) is 25.7 Å². The lowest BCUT2D eigenvalue weighted by molar-refractivity contribution is 0.316. The highest BCUT2D eigenvalue weighted by Gasteiger charge is 2.19. The fourth-order valence-corrected chi connectivity index (χ4v) is 1.38. The number of nitrogens with two attached hydrogens (primary N) is 1. The van der Waals surface area contributed by atoms with Crippen molar-refractivity contribution < 1.29 is 0 Å². The molecule has 1 atom stereocenters. The van der Waals surface area contributed by atoms with Gasteiger partial charge in [-0.1, -0.05) is 33.6 Å². The van der Waals surface area contributed by atoms with Crippen molar-refractivity contribution >= 4 is 0 Å². The van der Waals surface area contributed by atoms with Gasteiger partial charge in [0.05, 0.1) is 0 Å². The van der Waals surface area contributed by atoms with Crippen LogP contribution in [0.1, 0.15) is 53.4 Å². The molecule has 0 saturated heterocycles. The monoisotopic (exact) mass is 157 g/mol. The van der Waals surface area contributed by atoms with Crippen LogP contribution in [0.2, 0.25) is 0 Å². The third kappa shape index (κ3) is 4.41. The first kappa shape index (κ1) is 11.0. The molecule has 0 aliphatic carbocycles. The van der Waals surface area contributed by atoms with Gasteiger partial charge in [-0.2, -0.15) is 0 Å². The molecule has 0 spiro atoms. The van der Waals surface area contributed by atoms with Gasteiger partial charge in [0, 0.05) is 5.54 Å². The Morgan fingerprint density at radius 3 is 1.91 bits per heavy atom. The van der Waals surface area contributed by atoms with Crippen molar-refractivity contribution in [1.29, 1.82) is 0 Å². The van der Waals surface area contributed by atoms with E-state index in [1.165, 1.54) is 19.3 Å². The topological polar surface area (TPSA) is 26.0 Å². The molecule has 0 bridgehead atoms. The minimum atomic E-state index is 0.0662. The summed E-state index contributed by atoms with van der Waals surface area (Å²) in [6, 6.07) is 0. The Morgan fingerprint density at radius 1 is 1.18 bits per heavy atom. The van der Waals surface area contributed by atoms with Crippen LogP contribution in [0.5, 0.6) is 0 Å². The molecule has 0 fully saturated rings. The SMILES string of the molecule is CCC(CC)CC(C)(N)CC. The van der Waals surface area contributed by atoms with Crippen LogP contribution in [0.15, 0.2) is 0 Å². The molecule has 1 heteroatoms. The number of hydrogen-bond acceptors (Lipinski definition) is 1. The third-order valence-electron chi connectivity index (χ3n) is 2.72. The molecule has 0 radical (unpaired) electrons. The van der Waals surface area contributed by atoms with E-state index in [2.05, 4.69) is 27.7 Å². The van der Waals surface area contributed by atoms with E-state index in [0.29, 0.717) is 0 Å². The van der Waals surface area contributed by atoms with Gasteiger partial charge in [0.1, 0.15) is 0 Å². The molecule has 0 aliphatic rings. The van der Waals surface area contributed by atoms with Crippen molar-refractivity contribution in [1.82, 2.24) is 0 Å². The lowest BCUT2D eigenvalue weighted by Crippen LogP contribution is -2.37. The van der Waals surface area contributed by atoms with Crippen LogP contribution < -0.4 is 5.73 Å². The smallest absolute Gasteiger partial charge is 0.0125 e. The summed E-state index contributed by atoms with van der Waals surface area (Å²) in [6.45, 7) is 8.83. The molecule has 11 heavy (non-hydrogen) atoms. The molecular weight excluding hydrogens is 134 g/mol. The maximum atomic E-state index is 6.07. The zero-order valence-electron chi connectivity index (χ0n) is 8.48. The number of hydrogen-bond donors (Lipinski definition) is 1. The zero-order chi connectivity index (χ0) is 8.91. The van der Waals surface area contributed by atoms with Crippen LogP contribution in [0.3, 0.4) is 0 Å². The molecule has 0 aromatic heterocycles. The van der Waals surface area contributed by atoms with Crippen LogP contribution in [0, 0.1) is 5.92 Å². The maximum absolute atomic E-state index is 6.07. The Bertz CT molecular complexity index is 93.0. The molecule has 2 N–H and O–H groups in total. The van der Waals surface area contributed by atoms with E-state index < -0.39 is 0 Å². The van der Waals surface area contributed by atoms with Crippen molar-refractivity contribution in [3.8, 4) is 0 Å². The zero-order valence-corrected chi connectivity index (χ0v) is 8.48. The molecule has 0 rings (SSSR count). The third-order valence-corrected chi connectivity index (χ3v) is 2.72. The Hall–Kier alpha value is -0.0400. The van der Waals surface area contributed by atoms with E-state index in [-0.39, 0.29) is 5.54 Å². The Kier molecular flexibility index (Phi) is 4.74. The first-order valence-corrected chi connectivity index (χ1v) is 4.84. The lowest BCUT2D eigenvalue weighted by atomic mass is 9.85. The summed E-state index contributed by atoms with van der Waals surface area (Å²) < 4.78 is 0. The summed E-state index contributed by atoms with van der Waals surface area (Å²) in [6.07, 6.45) is 4.80. The molecule has 0 aromatic rings. The Balaban J connectivity index is 3.79. The van der Waals surface area contributed by atoms with Gasteiger partial charge in [-0.25, -0.2) is 0 Å². The van der Waals surface area contributed by atoms with Gasteiger partial charge in [0.15, 0.2) is 0 Å². The first-order chi connectivity index (χ1) is 5.05. The van der Waals surface area contributed by atoms with Crippen molar-refractivity contribution in [3.63, 3.8) is 0 Å². The van der Waals surface area contributed by atoms with Crippen LogP contribution in [-0.4, -0.2) is 5.54 Å². The fourth-order valence-electron chi connectivity index (χ4n) is 1.38. The van der Waals surface area contributed by atoms with Gasteiger partial charge in [-0.15, -0.1) is 0 Å². The van der Waals surface area contributed by atoms with Gasteiger partial charge in [0.2, 0.25) is 0 Å². The van der Waals surface area contributed by atoms with Crippen LogP contribution >= 0.6 is 0 Å². The highest BCUT2D eigenvalue weighted by molar-refractivity contribution is 4.79. The van der Waals surface area contributed by atoms with Gasteiger partial charge in [-0.3, -0.25) is 0 Å². The van der Waals surface area contributed by atoms with Gasteiger partial charge >= 0.3 is 0 Å². The summed E-state index contributed by atoms with van der Waals surface area (Å²) in [5.41, 5.74) is 6.13. The van der Waals surface area contributed by atoms with E-state index in [0.717, 1.165) is 12.3 Å². The Labute approximate surface area is 71.4 Å². The standard InChI is InChI=1S/C10H23N/c1-5-9(6-2)8-10(4,11)7-3/h9H,5-8,11H2,1-4H3. The van der Waals surface area contributed by atoms with Crippen molar-refractivity contribution in [2.45, 2.75) is 58.9 Å². The maximum Gasteiger partial charge on any atom is 0.0125 e. The van der Waals surface area contributed by atoms with E-state index >= 15 is 0 Å². The first-order valence-electron chi connectivity index (χ1n) is 4.84. The quantitative estimate of drug-likeness (QED) is 0.652. The van der Waals surface area contributed by atoms with Crippen molar-refractivity contribution in [3.05, 3.63) is 0 Å². The summed E-state index contributed by atoms with van der Waals surface area (Å²) >= 11 is 0. The van der Waals surface area contributed by atoms with Crippen molar-refractivity contribution in [2.24, 2.45) is 11.7 Å². The van der Waals surface area contributed by atoms with Gasteiger partial charge in [0.25, 0.3) is 0 Å². The predicted octanol–water partition coefficient (Wildman–Crippen LogP) is 2.94. The molecular formula is C10H23N. The minimum Gasteiger partial charge on any atom is -0.325 e. The largest absolute Gasteiger partial charge is 0.325 e. The van der Waals surface area contributed by atoms with Crippen LogP contribution in [0.4, 0.5) is 0 Å². The minimum absolute atomic E-state index is 0.0662. The highest BCUT2D eigenvalue weighted by atomic mass is 14.7. The molecule has 0 aliphatic heterocycles. The Morgan fingerprint density at radius 2 is 1.64 bits per heavy atom. The van der Waals surface area contributed by atoms with Gasteiger partial charge < -0.3 is 5.73 Å². The van der Waals surface area contributed by atoms with E-state index in [1.807, 2.05) is 0 Å². The molecule has 1 unspecified atom stereocenters. The molecule has 0 heterocycles. The van der Waals surface area contributed by atoms with Crippen LogP contribution in [-0.2, 0) is 0 Å². The number of rotatable bonds is 5. The summed E-state index contributed by atoms with van der Waals surface area (Å²) in [5, 5.41) is 0. The second-order valence-corrected chi connectivity index (χ2v) is 3.89. The fraction of sp³-hybridized carbons (Fsp3) is 1.00. The average Bonchev–Trinajstić information content (AvgIpc) is 2.00. The molecule has 0 aromatic carbocycles. The lowest BCUT2D eigenvalue weighted by Gasteiger charge is -2.27. The molecule has 0 saturated carbocycles. The molecule has 0 amide bonds. The summed E-state index contributed by atoms with van der Waals surface area (Å²) in [4.78, 5) is 0. The van der Waals surface area contributed by atoms with E-state index in [4.69, 9.17) is 5.73 Å². The van der Waals surface area contributed by atoms with E-state index in [1.54, 1.807) is 0 Å². The summed E-state index contributed by atoms with van der Waals surface area (Å²) in [7, 11) is 0. The van der Waals surface area contributed by atoms with Crippen molar-refractivity contribution in [2.75, 3.05) is 0 Å². The van der Waals surface area contributed by atoms with E-state index in [9.17, 15) is 0 Å². The second-order valence-electron chi connectivity index (χ2n) is 3.89. The predicted molar refractivity (Wildman–Crippen MR) is 51.6 cm³/mol. The molecule has 68 valence electrons. The average molecular weight is 157 g/mol. The summed E-state index contributed by atoms with van der Waals surface area (Å²) in [5.74, 6) is 0.824. The highest BCUT2D eigenvalue weighted by Crippen LogP contribution is 2.22. The second kappa shape index (κ2) is 4.76.